The molecule has 2 aliphatic heterocycles. The first-order chi connectivity index (χ1) is 11.3. The molecule has 5 heteroatoms. The van der Waals surface area contributed by atoms with Crippen molar-refractivity contribution in [1.29, 1.82) is 0 Å². The number of piperidine rings is 1. The predicted molar refractivity (Wildman–Crippen MR) is 89.9 cm³/mol. The summed E-state index contributed by atoms with van der Waals surface area (Å²) < 4.78 is 0. The fourth-order valence-electron chi connectivity index (χ4n) is 3.42. The average molecular weight is 308 g/mol. The molecule has 0 spiro atoms. The molecule has 1 fully saturated rings. The summed E-state index contributed by atoms with van der Waals surface area (Å²) in [5.41, 5.74) is 2.64. The second-order valence-electron chi connectivity index (χ2n) is 6.16. The molecule has 0 bridgehead atoms. The van der Waals surface area contributed by atoms with Gasteiger partial charge in [0.1, 0.15) is 0 Å². The third-order valence-corrected chi connectivity index (χ3v) is 4.68. The minimum atomic E-state index is -0.0624. The summed E-state index contributed by atoms with van der Waals surface area (Å²) in [5, 5.41) is 8.47. The van der Waals surface area contributed by atoms with E-state index in [1.165, 1.54) is 24.8 Å². The minimum absolute atomic E-state index is 0.0624. The largest absolute Gasteiger partial charge is 0.355 e. The third kappa shape index (κ3) is 2.67. The molecule has 0 aliphatic carbocycles. The molecule has 2 aromatic rings. The number of amides is 1. The highest BCUT2D eigenvalue weighted by Crippen LogP contribution is 2.28. The van der Waals surface area contributed by atoms with E-state index in [-0.39, 0.29) is 5.91 Å². The molecule has 1 aromatic heterocycles. The lowest BCUT2D eigenvalue weighted by Crippen LogP contribution is -2.32. The van der Waals surface area contributed by atoms with Crippen LogP contribution in [0.5, 0.6) is 0 Å². The van der Waals surface area contributed by atoms with Crippen LogP contribution in [0.3, 0.4) is 0 Å². The normalized spacial score (nSPS) is 17.2. The molecule has 5 nitrogen and oxygen atoms in total. The quantitative estimate of drug-likeness (QED) is 0.856. The molecule has 0 atom stereocenters. The zero-order chi connectivity index (χ0) is 15.6. The molecular formula is C18H20N4O. The lowest BCUT2D eigenvalue weighted by Gasteiger charge is -2.27. The van der Waals surface area contributed by atoms with E-state index < -0.39 is 0 Å². The first-order valence-electron chi connectivity index (χ1n) is 8.31. The molecule has 23 heavy (non-hydrogen) atoms. The highest BCUT2D eigenvalue weighted by atomic mass is 16.2. The average Bonchev–Trinajstić information content (AvgIpc) is 3.06. The highest BCUT2D eigenvalue weighted by Gasteiger charge is 2.26. The van der Waals surface area contributed by atoms with Gasteiger partial charge in [-0.25, -0.2) is 0 Å². The summed E-state index contributed by atoms with van der Waals surface area (Å²) in [6.45, 7) is 2.77. The van der Waals surface area contributed by atoms with Crippen LogP contribution in [-0.2, 0) is 6.42 Å². The number of rotatable bonds is 2. The van der Waals surface area contributed by atoms with Gasteiger partial charge in [0.25, 0.3) is 5.91 Å². The number of aromatic nitrogens is 2. The summed E-state index contributed by atoms with van der Waals surface area (Å²) >= 11 is 0. The molecular weight excluding hydrogens is 288 g/mol. The van der Waals surface area contributed by atoms with Crippen LogP contribution in [0.1, 0.15) is 35.3 Å². The number of carbonyl (C=O) groups excluding carboxylic acids is 1. The standard InChI is InChI=1S/C18H20N4O/c23-18(22-13-10-14-6-2-3-7-16(14)22)15-8-9-17(20-19-15)21-11-4-1-5-12-21/h2-3,6-9H,1,4-5,10-13H2. The van der Waals surface area contributed by atoms with Gasteiger partial charge >= 0.3 is 0 Å². The Morgan fingerprint density at radius 1 is 0.913 bits per heavy atom. The lowest BCUT2D eigenvalue weighted by atomic mass is 10.1. The minimum Gasteiger partial charge on any atom is -0.355 e. The number of carbonyl (C=O) groups is 1. The Bertz CT molecular complexity index is 707. The van der Waals surface area contributed by atoms with Gasteiger partial charge in [-0.1, -0.05) is 18.2 Å². The SMILES string of the molecule is O=C(c1ccc(N2CCCCC2)nn1)N1CCc2ccccc21. The van der Waals surface area contributed by atoms with Crippen LogP contribution >= 0.6 is 0 Å². The van der Waals surface area contributed by atoms with Crippen LogP contribution in [0.4, 0.5) is 11.5 Å². The summed E-state index contributed by atoms with van der Waals surface area (Å²) in [7, 11) is 0. The van der Waals surface area contributed by atoms with Crippen molar-refractivity contribution in [3.63, 3.8) is 0 Å². The Morgan fingerprint density at radius 2 is 1.74 bits per heavy atom. The van der Waals surface area contributed by atoms with Gasteiger partial charge in [-0.2, -0.15) is 0 Å². The maximum atomic E-state index is 12.7. The fourth-order valence-corrected chi connectivity index (χ4v) is 3.42. The van der Waals surface area contributed by atoms with Crippen LogP contribution in [-0.4, -0.2) is 35.7 Å². The van der Waals surface area contributed by atoms with Crippen molar-refractivity contribution >= 4 is 17.4 Å². The van der Waals surface area contributed by atoms with E-state index in [1.807, 2.05) is 24.3 Å². The first kappa shape index (κ1) is 14.2. The van der Waals surface area contributed by atoms with Gasteiger partial charge in [0.05, 0.1) is 0 Å². The molecule has 0 unspecified atom stereocenters. The molecule has 1 aromatic carbocycles. The van der Waals surface area contributed by atoms with E-state index in [1.54, 1.807) is 11.0 Å². The number of benzene rings is 1. The van der Waals surface area contributed by atoms with Crippen LogP contribution in [0.2, 0.25) is 0 Å². The summed E-state index contributed by atoms with van der Waals surface area (Å²) in [4.78, 5) is 16.8. The molecule has 3 heterocycles. The topological polar surface area (TPSA) is 49.3 Å². The van der Waals surface area contributed by atoms with Gasteiger partial charge in [-0.3, -0.25) is 4.79 Å². The number of hydrogen-bond acceptors (Lipinski definition) is 4. The van der Waals surface area contributed by atoms with Gasteiger partial charge in [0.2, 0.25) is 0 Å². The van der Waals surface area contributed by atoms with Crippen molar-refractivity contribution in [3.8, 4) is 0 Å². The first-order valence-corrected chi connectivity index (χ1v) is 8.31. The second kappa shape index (κ2) is 5.99. The second-order valence-corrected chi connectivity index (χ2v) is 6.16. The van der Waals surface area contributed by atoms with E-state index in [4.69, 9.17) is 0 Å². The molecule has 1 saturated heterocycles. The number of nitrogens with zero attached hydrogens (tertiary/aromatic N) is 4. The lowest BCUT2D eigenvalue weighted by molar-refractivity contribution is 0.0983. The molecule has 4 rings (SSSR count). The summed E-state index contributed by atoms with van der Waals surface area (Å²) in [6, 6.07) is 11.8. The van der Waals surface area contributed by atoms with Crippen molar-refractivity contribution < 1.29 is 4.79 Å². The van der Waals surface area contributed by atoms with E-state index in [2.05, 4.69) is 21.2 Å². The van der Waals surface area contributed by atoms with Crippen molar-refractivity contribution in [1.82, 2.24) is 10.2 Å². The van der Waals surface area contributed by atoms with Gasteiger partial charge < -0.3 is 9.80 Å². The van der Waals surface area contributed by atoms with E-state index in [0.717, 1.165) is 31.0 Å². The molecule has 118 valence electrons. The number of hydrogen-bond donors (Lipinski definition) is 0. The molecule has 0 saturated carbocycles. The smallest absolute Gasteiger partial charge is 0.278 e. The van der Waals surface area contributed by atoms with E-state index in [0.29, 0.717) is 12.2 Å². The Balaban J connectivity index is 1.53. The van der Waals surface area contributed by atoms with Crippen LogP contribution in [0.25, 0.3) is 0 Å². The number of anilines is 2. The van der Waals surface area contributed by atoms with E-state index >= 15 is 0 Å². The molecule has 2 aliphatic rings. The highest BCUT2D eigenvalue weighted by molar-refractivity contribution is 6.06. The van der Waals surface area contributed by atoms with Crippen LogP contribution < -0.4 is 9.80 Å². The number of fused-ring (bicyclic) bond motifs is 1. The maximum Gasteiger partial charge on any atom is 0.278 e. The predicted octanol–water partition coefficient (Wildman–Crippen LogP) is 2.67. The van der Waals surface area contributed by atoms with Gasteiger partial charge in [-0.05, 0) is 49.4 Å². The Morgan fingerprint density at radius 3 is 2.52 bits per heavy atom. The van der Waals surface area contributed by atoms with Crippen LogP contribution in [0, 0.1) is 0 Å². The van der Waals surface area contributed by atoms with E-state index in [9.17, 15) is 4.79 Å². The zero-order valence-corrected chi connectivity index (χ0v) is 13.1. The maximum absolute atomic E-state index is 12.7. The van der Waals surface area contributed by atoms with Crippen molar-refractivity contribution in [2.24, 2.45) is 0 Å². The summed E-state index contributed by atoms with van der Waals surface area (Å²) in [5.74, 6) is 0.815. The van der Waals surface area contributed by atoms with Crippen molar-refractivity contribution in [3.05, 3.63) is 47.7 Å². The van der Waals surface area contributed by atoms with Gasteiger partial charge in [0, 0.05) is 25.3 Å². The fraction of sp³-hybridized carbons (Fsp3) is 0.389. The molecule has 0 N–H and O–H groups in total. The van der Waals surface area contributed by atoms with Crippen LogP contribution in [0.15, 0.2) is 36.4 Å². The third-order valence-electron chi connectivity index (χ3n) is 4.68. The van der Waals surface area contributed by atoms with Crippen molar-refractivity contribution in [2.75, 3.05) is 29.4 Å². The zero-order valence-electron chi connectivity index (χ0n) is 13.1. The Hall–Kier alpha value is -2.43. The van der Waals surface area contributed by atoms with Gasteiger partial charge in [0.15, 0.2) is 11.5 Å². The molecule has 0 radical (unpaired) electrons. The molecule has 1 amide bonds. The number of para-hydroxylation sites is 1. The Labute approximate surface area is 135 Å². The Kier molecular flexibility index (Phi) is 3.69. The van der Waals surface area contributed by atoms with Gasteiger partial charge in [-0.15, -0.1) is 10.2 Å². The monoisotopic (exact) mass is 308 g/mol. The summed E-state index contributed by atoms with van der Waals surface area (Å²) in [6.07, 6.45) is 4.59. The van der Waals surface area contributed by atoms with Crippen molar-refractivity contribution in [2.45, 2.75) is 25.7 Å².